The van der Waals surface area contributed by atoms with E-state index in [4.69, 9.17) is 11.6 Å². The first-order valence-electron chi connectivity index (χ1n) is 7.02. The minimum Gasteiger partial charge on any atom is -0.313 e. The molecule has 20 heavy (non-hydrogen) atoms. The number of rotatable bonds is 7. The van der Waals surface area contributed by atoms with Gasteiger partial charge in [0.1, 0.15) is 0 Å². The van der Waals surface area contributed by atoms with Gasteiger partial charge in [0.15, 0.2) is 0 Å². The Morgan fingerprint density at radius 3 is 2.30 bits per heavy atom. The molecule has 2 nitrogen and oxygen atoms in total. The highest BCUT2D eigenvalue weighted by atomic mass is 35.5. The first kappa shape index (κ1) is 20.0. The molecule has 0 bridgehead atoms. The summed E-state index contributed by atoms with van der Waals surface area (Å²) in [6.45, 7) is 5.97. The van der Waals surface area contributed by atoms with Crippen LogP contribution in [-0.4, -0.2) is 31.1 Å². The molecule has 116 valence electrons. The van der Waals surface area contributed by atoms with E-state index < -0.39 is 0 Å². The molecule has 1 N–H and O–H groups in total. The fourth-order valence-corrected chi connectivity index (χ4v) is 2.55. The summed E-state index contributed by atoms with van der Waals surface area (Å²) >= 11 is 5.85. The Labute approximate surface area is 140 Å². The van der Waals surface area contributed by atoms with Gasteiger partial charge in [0, 0.05) is 11.6 Å². The minimum absolute atomic E-state index is 0. The number of benzene rings is 1. The standard InChI is InChI=1S/C15H23ClN2.2ClH/c16-15-7-5-14(6-8-15)13-17-9-1-2-10-18-11-3-4-12-18;;/h5-8,17H,1-4,9-13H2;2*1H. The van der Waals surface area contributed by atoms with E-state index in [0.29, 0.717) is 0 Å². The van der Waals surface area contributed by atoms with E-state index in [-0.39, 0.29) is 24.8 Å². The average Bonchev–Trinajstić information content (AvgIpc) is 2.89. The van der Waals surface area contributed by atoms with Gasteiger partial charge in [0.2, 0.25) is 0 Å². The van der Waals surface area contributed by atoms with Gasteiger partial charge in [-0.25, -0.2) is 0 Å². The van der Waals surface area contributed by atoms with Crippen molar-refractivity contribution >= 4 is 36.4 Å². The maximum absolute atomic E-state index is 5.85. The van der Waals surface area contributed by atoms with Crippen LogP contribution >= 0.6 is 36.4 Å². The number of likely N-dealkylation sites (tertiary alicyclic amines) is 1. The molecule has 1 saturated heterocycles. The van der Waals surface area contributed by atoms with Gasteiger partial charge < -0.3 is 10.2 Å². The van der Waals surface area contributed by atoms with Crippen molar-refractivity contribution in [3.63, 3.8) is 0 Å². The normalized spacial score (nSPS) is 14.7. The Kier molecular flexibility index (Phi) is 11.7. The molecule has 1 fully saturated rings. The van der Waals surface area contributed by atoms with E-state index in [1.807, 2.05) is 12.1 Å². The summed E-state index contributed by atoms with van der Waals surface area (Å²) in [7, 11) is 0. The van der Waals surface area contributed by atoms with Gasteiger partial charge in [-0.05, 0) is 69.6 Å². The number of nitrogens with zero attached hydrogens (tertiary/aromatic N) is 1. The Morgan fingerprint density at radius 2 is 1.65 bits per heavy atom. The van der Waals surface area contributed by atoms with E-state index in [1.165, 1.54) is 50.9 Å². The zero-order valence-electron chi connectivity index (χ0n) is 11.8. The molecule has 1 aliphatic rings. The Hall–Kier alpha value is 0.01000. The van der Waals surface area contributed by atoms with Gasteiger partial charge >= 0.3 is 0 Å². The van der Waals surface area contributed by atoms with Gasteiger partial charge in [0.25, 0.3) is 0 Å². The molecule has 0 atom stereocenters. The molecule has 5 heteroatoms. The fourth-order valence-electron chi connectivity index (χ4n) is 2.43. The van der Waals surface area contributed by atoms with Crippen LogP contribution in [0.5, 0.6) is 0 Å². The molecule has 0 amide bonds. The number of hydrogen-bond acceptors (Lipinski definition) is 2. The monoisotopic (exact) mass is 338 g/mol. The van der Waals surface area contributed by atoms with Crippen molar-refractivity contribution in [2.24, 2.45) is 0 Å². The Balaban J connectivity index is 0.00000180. The predicted molar refractivity (Wildman–Crippen MR) is 92.6 cm³/mol. The second-order valence-corrected chi connectivity index (χ2v) is 5.50. The lowest BCUT2D eigenvalue weighted by Gasteiger charge is -2.14. The van der Waals surface area contributed by atoms with E-state index >= 15 is 0 Å². The molecule has 0 aliphatic carbocycles. The molecule has 0 aromatic heterocycles. The summed E-state index contributed by atoms with van der Waals surface area (Å²) in [4.78, 5) is 2.58. The van der Waals surface area contributed by atoms with Crippen molar-refractivity contribution in [3.8, 4) is 0 Å². The molecule has 0 radical (unpaired) electrons. The topological polar surface area (TPSA) is 15.3 Å². The Morgan fingerprint density at radius 1 is 1.00 bits per heavy atom. The smallest absolute Gasteiger partial charge is 0.0406 e. The molecular weight excluding hydrogens is 315 g/mol. The molecule has 1 aromatic rings. The van der Waals surface area contributed by atoms with Crippen molar-refractivity contribution < 1.29 is 0 Å². The van der Waals surface area contributed by atoms with Crippen molar-refractivity contribution in [1.29, 1.82) is 0 Å². The quantitative estimate of drug-likeness (QED) is 0.751. The van der Waals surface area contributed by atoms with Gasteiger partial charge in [-0.2, -0.15) is 0 Å². The maximum Gasteiger partial charge on any atom is 0.0406 e. The largest absolute Gasteiger partial charge is 0.313 e. The lowest BCUT2D eigenvalue weighted by molar-refractivity contribution is 0.329. The summed E-state index contributed by atoms with van der Waals surface area (Å²) < 4.78 is 0. The number of nitrogens with one attached hydrogen (secondary N) is 1. The zero-order chi connectivity index (χ0) is 12.6. The maximum atomic E-state index is 5.85. The molecule has 0 saturated carbocycles. The zero-order valence-corrected chi connectivity index (χ0v) is 14.2. The summed E-state index contributed by atoms with van der Waals surface area (Å²) in [6.07, 6.45) is 5.38. The summed E-state index contributed by atoms with van der Waals surface area (Å²) in [6, 6.07) is 8.07. The third-order valence-electron chi connectivity index (χ3n) is 3.52. The van der Waals surface area contributed by atoms with Crippen LogP contribution < -0.4 is 5.32 Å². The number of hydrogen-bond donors (Lipinski definition) is 1. The van der Waals surface area contributed by atoms with Crippen LogP contribution in [0.4, 0.5) is 0 Å². The molecule has 1 aromatic carbocycles. The lowest BCUT2D eigenvalue weighted by Crippen LogP contribution is -2.22. The number of halogens is 3. The SMILES string of the molecule is Cl.Cl.Clc1ccc(CNCCCCN2CCCC2)cc1. The van der Waals surface area contributed by atoms with Crippen LogP contribution in [0.15, 0.2) is 24.3 Å². The van der Waals surface area contributed by atoms with Gasteiger partial charge in [-0.1, -0.05) is 23.7 Å². The van der Waals surface area contributed by atoms with Crippen LogP contribution in [0, 0.1) is 0 Å². The van der Waals surface area contributed by atoms with Crippen molar-refractivity contribution in [2.75, 3.05) is 26.2 Å². The Bertz CT molecular complexity index is 337. The second-order valence-electron chi connectivity index (χ2n) is 5.06. The second kappa shape index (κ2) is 11.6. The van der Waals surface area contributed by atoms with E-state index in [9.17, 15) is 0 Å². The highest BCUT2D eigenvalue weighted by molar-refractivity contribution is 6.30. The third kappa shape index (κ3) is 7.70. The molecule has 2 rings (SSSR count). The summed E-state index contributed by atoms with van der Waals surface area (Å²) in [5.74, 6) is 0. The molecular formula is C15H25Cl3N2. The molecule has 0 spiro atoms. The van der Waals surface area contributed by atoms with Crippen LogP contribution in [0.1, 0.15) is 31.2 Å². The van der Waals surface area contributed by atoms with Crippen LogP contribution in [0.25, 0.3) is 0 Å². The van der Waals surface area contributed by atoms with Gasteiger partial charge in [0.05, 0.1) is 0 Å². The highest BCUT2D eigenvalue weighted by Crippen LogP contribution is 2.09. The molecule has 0 unspecified atom stereocenters. The van der Waals surface area contributed by atoms with Gasteiger partial charge in [-0.3, -0.25) is 0 Å². The summed E-state index contributed by atoms with van der Waals surface area (Å²) in [5.41, 5.74) is 1.30. The van der Waals surface area contributed by atoms with Crippen molar-refractivity contribution in [1.82, 2.24) is 10.2 Å². The van der Waals surface area contributed by atoms with Crippen LogP contribution in [0.3, 0.4) is 0 Å². The predicted octanol–water partition coefficient (Wildman–Crippen LogP) is 4.15. The molecule has 1 aliphatic heterocycles. The first-order valence-corrected chi connectivity index (χ1v) is 7.40. The number of unbranched alkanes of at least 4 members (excludes halogenated alkanes) is 1. The lowest BCUT2D eigenvalue weighted by atomic mass is 10.2. The highest BCUT2D eigenvalue weighted by Gasteiger charge is 2.09. The van der Waals surface area contributed by atoms with Crippen molar-refractivity contribution in [3.05, 3.63) is 34.9 Å². The minimum atomic E-state index is 0. The van der Waals surface area contributed by atoms with E-state index in [2.05, 4.69) is 22.3 Å². The van der Waals surface area contributed by atoms with Crippen molar-refractivity contribution in [2.45, 2.75) is 32.2 Å². The molecule has 1 heterocycles. The summed E-state index contributed by atoms with van der Waals surface area (Å²) in [5, 5.41) is 4.29. The fraction of sp³-hybridized carbons (Fsp3) is 0.600. The first-order chi connectivity index (χ1) is 8.84. The van der Waals surface area contributed by atoms with E-state index in [0.717, 1.165) is 18.1 Å². The average molecular weight is 340 g/mol. The van der Waals surface area contributed by atoms with E-state index in [1.54, 1.807) is 0 Å². The van der Waals surface area contributed by atoms with Gasteiger partial charge in [-0.15, -0.1) is 24.8 Å². The van der Waals surface area contributed by atoms with Crippen LogP contribution in [-0.2, 0) is 6.54 Å². The van der Waals surface area contributed by atoms with Crippen LogP contribution in [0.2, 0.25) is 5.02 Å². The third-order valence-corrected chi connectivity index (χ3v) is 3.77.